The van der Waals surface area contributed by atoms with Gasteiger partial charge in [0.1, 0.15) is 0 Å². The molecule has 1 unspecified atom stereocenters. The van der Waals surface area contributed by atoms with Gasteiger partial charge in [0.15, 0.2) is 0 Å². The molecule has 4 rings (SSSR count). The second-order valence-corrected chi connectivity index (χ2v) is 10.2. The number of halogens is 3. The Morgan fingerprint density at radius 2 is 1.98 bits per heavy atom. The van der Waals surface area contributed by atoms with Gasteiger partial charge in [0.05, 0.1) is 48.1 Å². The first-order valence-electron chi connectivity index (χ1n) is 13.4. The van der Waals surface area contributed by atoms with Crippen molar-refractivity contribution in [1.29, 1.82) is 0 Å². The first-order valence-corrected chi connectivity index (χ1v) is 13.4. The number of anilines is 1. The van der Waals surface area contributed by atoms with Crippen LogP contribution < -0.4 is 27.2 Å². The summed E-state index contributed by atoms with van der Waals surface area (Å²) in [5.74, 6) is 4.04. The van der Waals surface area contributed by atoms with E-state index in [-0.39, 0.29) is 17.7 Å². The lowest BCUT2D eigenvalue weighted by Gasteiger charge is -2.28. The molecule has 1 aliphatic carbocycles. The number of rotatable bonds is 9. The van der Waals surface area contributed by atoms with Gasteiger partial charge in [-0.3, -0.25) is 19.4 Å². The number of morpholine rings is 1. The molecular formula is C28H37F3N8O2. The molecule has 1 aliphatic heterocycles. The summed E-state index contributed by atoms with van der Waals surface area (Å²) in [7, 11) is 1.80. The fourth-order valence-electron chi connectivity index (χ4n) is 4.69. The highest BCUT2D eigenvalue weighted by atomic mass is 19.4. The van der Waals surface area contributed by atoms with Crippen LogP contribution in [0.1, 0.15) is 33.6 Å². The van der Waals surface area contributed by atoms with Crippen molar-refractivity contribution < 1.29 is 22.7 Å². The molecule has 13 heteroatoms. The zero-order valence-corrected chi connectivity index (χ0v) is 23.5. The first kappa shape index (κ1) is 30.2. The molecule has 1 fully saturated rings. The number of nitrogens with one attached hydrogen (secondary N) is 2. The van der Waals surface area contributed by atoms with Gasteiger partial charge in [-0.2, -0.15) is 18.3 Å². The normalized spacial score (nSPS) is 18.5. The van der Waals surface area contributed by atoms with Gasteiger partial charge in [-0.1, -0.05) is 12.1 Å². The number of hydrazine groups is 1. The van der Waals surface area contributed by atoms with E-state index in [1.54, 1.807) is 36.1 Å². The number of carbonyl (C=O) groups is 1. The van der Waals surface area contributed by atoms with E-state index in [0.29, 0.717) is 43.4 Å². The Hall–Kier alpha value is -3.81. The van der Waals surface area contributed by atoms with Crippen molar-refractivity contribution in [1.82, 2.24) is 25.3 Å². The molecular weight excluding hydrogens is 537 g/mol. The van der Waals surface area contributed by atoms with Crippen molar-refractivity contribution in [2.24, 2.45) is 24.5 Å². The smallest absolute Gasteiger partial charge is 0.395 e. The number of nitrogens with two attached hydrogens (primary N) is 2. The fraction of sp³-hybridized carbons (Fsp3) is 0.429. The van der Waals surface area contributed by atoms with Crippen LogP contribution in [0.25, 0.3) is 5.70 Å². The monoisotopic (exact) mass is 574 g/mol. The Morgan fingerprint density at radius 1 is 1.24 bits per heavy atom. The SMILES string of the molecule is Cc1ccc(C(=O)NC2=CC(C(F)(F)F)CC=C2NCCN2CCOCC2)cc1N(N)/C=C(\N)c1cnn(C)c1C. The van der Waals surface area contributed by atoms with Gasteiger partial charge in [-0.25, -0.2) is 5.84 Å². The highest BCUT2D eigenvalue weighted by molar-refractivity contribution is 5.97. The Kier molecular flexibility index (Phi) is 9.41. The van der Waals surface area contributed by atoms with E-state index in [4.69, 9.17) is 16.3 Å². The average molecular weight is 575 g/mol. The van der Waals surface area contributed by atoms with E-state index in [0.717, 1.165) is 36.0 Å². The number of ether oxygens (including phenoxy) is 1. The predicted molar refractivity (Wildman–Crippen MR) is 151 cm³/mol. The predicted octanol–water partition coefficient (Wildman–Crippen LogP) is 2.68. The maximum absolute atomic E-state index is 13.6. The number of allylic oxidation sites excluding steroid dienone is 2. The highest BCUT2D eigenvalue weighted by Gasteiger charge is 2.39. The maximum atomic E-state index is 13.6. The Balaban J connectivity index is 1.50. The number of alkyl halides is 3. The van der Waals surface area contributed by atoms with E-state index in [2.05, 4.69) is 20.6 Å². The molecule has 2 aliphatic rings. The molecule has 1 atom stereocenters. The molecule has 1 saturated heterocycles. The summed E-state index contributed by atoms with van der Waals surface area (Å²) in [5, 5.41) is 11.4. The molecule has 222 valence electrons. The lowest BCUT2D eigenvalue weighted by molar-refractivity contribution is -0.160. The van der Waals surface area contributed by atoms with Crippen LogP contribution in [-0.2, 0) is 11.8 Å². The summed E-state index contributed by atoms with van der Waals surface area (Å²) in [4.78, 5) is 15.5. The number of amides is 1. The van der Waals surface area contributed by atoms with Gasteiger partial charge in [0, 0.05) is 56.2 Å². The van der Waals surface area contributed by atoms with Crippen molar-refractivity contribution in [2.45, 2.75) is 26.4 Å². The highest BCUT2D eigenvalue weighted by Crippen LogP contribution is 2.34. The number of hydrogen-bond donors (Lipinski definition) is 4. The molecule has 1 aromatic heterocycles. The number of hydrogen-bond acceptors (Lipinski definition) is 8. The summed E-state index contributed by atoms with van der Waals surface area (Å²) < 4.78 is 47.8. The third-order valence-corrected chi connectivity index (χ3v) is 7.32. The van der Waals surface area contributed by atoms with Gasteiger partial charge in [-0.05, 0) is 44.0 Å². The maximum Gasteiger partial charge on any atom is 0.395 e. The minimum absolute atomic E-state index is 0.0912. The molecule has 10 nitrogen and oxygen atoms in total. The minimum atomic E-state index is -4.43. The summed E-state index contributed by atoms with van der Waals surface area (Å²) >= 11 is 0. The first-order chi connectivity index (χ1) is 19.4. The van der Waals surface area contributed by atoms with E-state index in [1.165, 1.54) is 17.3 Å². The summed E-state index contributed by atoms with van der Waals surface area (Å²) in [6.45, 7) is 7.82. The molecule has 2 heterocycles. The van der Waals surface area contributed by atoms with E-state index >= 15 is 0 Å². The second kappa shape index (κ2) is 12.8. The zero-order chi connectivity index (χ0) is 29.7. The van der Waals surface area contributed by atoms with Gasteiger partial charge >= 0.3 is 6.18 Å². The number of aryl methyl sites for hydroxylation is 2. The average Bonchev–Trinajstić information content (AvgIpc) is 3.27. The van der Waals surface area contributed by atoms with Gasteiger partial charge in [0.25, 0.3) is 5.91 Å². The van der Waals surface area contributed by atoms with Crippen LogP contribution in [0.3, 0.4) is 0 Å². The molecule has 1 aromatic carbocycles. The second-order valence-electron chi connectivity index (χ2n) is 10.2. The molecule has 41 heavy (non-hydrogen) atoms. The number of nitrogens with zero attached hydrogens (tertiary/aromatic N) is 4. The minimum Gasteiger partial charge on any atom is -0.397 e. The third kappa shape index (κ3) is 7.48. The number of benzene rings is 1. The largest absolute Gasteiger partial charge is 0.397 e. The van der Waals surface area contributed by atoms with Crippen LogP contribution in [0.5, 0.6) is 0 Å². The van der Waals surface area contributed by atoms with Crippen LogP contribution in [0.15, 0.2) is 54.1 Å². The molecule has 1 amide bonds. The van der Waals surface area contributed by atoms with Gasteiger partial charge < -0.3 is 21.1 Å². The summed E-state index contributed by atoms with van der Waals surface area (Å²) in [6.07, 6.45) is 1.09. The van der Waals surface area contributed by atoms with E-state index in [9.17, 15) is 18.0 Å². The Bertz CT molecular complexity index is 1340. The Morgan fingerprint density at radius 3 is 2.63 bits per heavy atom. The molecule has 0 radical (unpaired) electrons. The van der Waals surface area contributed by atoms with E-state index < -0.39 is 18.0 Å². The van der Waals surface area contributed by atoms with Crippen LogP contribution >= 0.6 is 0 Å². The fourth-order valence-corrected chi connectivity index (χ4v) is 4.69. The van der Waals surface area contributed by atoms with Crippen LogP contribution in [0.4, 0.5) is 18.9 Å². The third-order valence-electron chi connectivity index (χ3n) is 7.32. The van der Waals surface area contributed by atoms with Crippen molar-refractivity contribution in [3.63, 3.8) is 0 Å². The molecule has 6 N–H and O–H groups in total. The van der Waals surface area contributed by atoms with Gasteiger partial charge in [-0.15, -0.1) is 0 Å². The molecule has 2 aromatic rings. The standard InChI is InChI=1S/C28H37F3N8O2/c1-18-4-5-20(14-26(18)39(33)17-23(32)22-16-35-37(3)19(22)2)27(40)36-25-15-21(28(29,30)31)6-7-24(25)34-8-9-38-10-12-41-13-11-38/h4-5,7,14-17,21,34H,6,8-13,32-33H2,1-3H3,(H,36,40)/b23-17-. The van der Waals surface area contributed by atoms with Crippen molar-refractivity contribution in [2.75, 3.05) is 44.4 Å². The number of carbonyl (C=O) groups excluding carboxylic acids is 1. The quantitative estimate of drug-likeness (QED) is 0.266. The van der Waals surface area contributed by atoms with Crippen molar-refractivity contribution in [3.8, 4) is 0 Å². The van der Waals surface area contributed by atoms with Crippen LogP contribution in [0.2, 0.25) is 0 Å². The van der Waals surface area contributed by atoms with Gasteiger partial charge in [0.2, 0.25) is 0 Å². The molecule has 0 bridgehead atoms. The van der Waals surface area contributed by atoms with Crippen LogP contribution in [0, 0.1) is 19.8 Å². The zero-order valence-electron chi connectivity index (χ0n) is 23.5. The number of aromatic nitrogens is 2. The Labute approximate surface area is 237 Å². The lowest BCUT2D eigenvalue weighted by atomic mass is 9.96. The topological polar surface area (TPSA) is 127 Å². The summed E-state index contributed by atoms with van der Waals surface area (Å²) in [5.41, 5.74) is 10.3. The van der Waals surface area contributed by atoms with Crippen LogP contribution in [-0.4, -0.2) is 66.2 Å². The van der Waals surface area contributed by atoms with E-state index in [1.807, 2.05) is 13.8 Å². The summed E-state index contributed by atoms with van der Waals surface area (Å²) in [6, 6.07) is 4.89. The lowest BCUT2D eigenvalue weighted by Crippen LogP contribution is -2.41. The molecule has 0 spiro atoms. The van der Waals surface area contributed by atoms with Crippen molar-refractivity contribution in [3.05, 3.63) is 76.5 Å². The van der Waals surface area contributed by atoms with Crippen molar-refractivity contribution >= 4 is 17.3 Å². The molecule has 0 saturated carbocycles.